The Bertz CT molecular complexity index is 895. The number of rotatable bonds is 10. The summed E-state index contributed by atoms with van der Waals surface area (Å²) < 4.78 is 18.5. The lowest BCUT2D eigenvalue weighted by atomic mass is 10.1. The average Bonchev–Trinajstić information content (AvgIpc) is 2.68. The number of hydrogen-bond acceptors (Lipinski definition) is 5. The summed E-state index contributed by atoms with van der Waals surface area (Å²) in [4.78, 5) is 27.9. The van der Waals surface area contributed by atoms with E-state index in [1.165, 1.54) is 12.1 Å². The second kappa shape index (κ2) is 11.5. The molecule has 1 aromatic carbocycles. The van der Waals surface area contributed by atoms with Gasteiger partial charge in [0.05, 0.1) is 17.5 Å². The molecule has 0 spiro atoms. The molecule has 9 heteroatoms. The van der Waals surface area contributed by atoms with Crippen LogP contribution in [0.2, 0.25) is 5.02 Å². The topological polar surface area (TPSA) is 101 Å². The number of ether oxygens (including phenoxy) is 1. The van der Waals surface area contributed by atoms with Crippen LogP contribution in [-0.2, 0) is 16.1 Å². The molecule has 1 heterocycles. The fourth-order valence-corrected chi connectivity index (χ4v) is 2.75. The van der Waals surface area contributed by atoms with Crippen LogP contribution in [0.15, 0.2) is 30.5 Å². The number of benzene rings is 1. The predicted octanol–water partition coefficient (Wildman–Crippen LogP) is 2.44. The Kier molecular flexibility index (Phi) is 9.01. The minimum absolute atomic E-state index is 0.0320. The number of aliphatic hydroxyl groups excluding tert-OH is 1. The Balaban J connectivity index is 1.62. The molecular weight excluding hydrogens is 413 g/mol. The number of pyridine rings is 1. The van der Waals surface area contributed by atoms with Gasteiger partial charge >= 0.3 is 0 Å². The highest BCUT2D eigenvalue weighted by Crippen LogP contribution is 2.20. The van der Waals surface area contributed by atoms with Gasteiger partial charge in [-0.05, 0) is 49.6 Å². The van der Waals surface area contributed by atoms with E-state index in [9.17, 15) is 19.1 Å². The van der Waals surface area contributed by atoms with Gasteiger partial charge in [0.1, 0.15) is 11.6 Å². The molecule has 0 bridgehead atoms. The molecule has 0 saturated heterocycles. The van der Waals surface area contributed by atoms with Crippen molar-refractivity contribution in [2.24, 2.45) is 0 Å². The number of nitrogens with zero attached hydrogens (tertiary/aromatic N) is 1. The van der Waals surface area contributed by atoms with Crippen molar-refractivity contribution in [2.45, 2.75) is 39.3 Å². The fraction of sp³-hybridized carbons (Fsp3) is 0.381. The van der Waals surface area contributed by atoms with Crippen LogP contribution in [0.4, 0.5) is 4.39 Å². The molecule has 0 aliphatic rings. The molecule has 162 valence electrons. The number of carbonyl (C=O) groups is 2. The minimum atomic E-state index is -0.895. The van der Waals surface area contributed by atoms with Crippen molar-refractivity contribution in [1.82, 2.24) is 15.6 Å². The summed E-state index contributed by atoms with van der Waals surface area (Å²) in [6, 6.07) is 5.82. The monoisotopic (exact) mass is 437 g/mol. The summed E-state index contributed by atoms with van der Waals surface area (Å²) in [7, 11) is 0. The van der Waals surface area contributed by atoms with Crippen molar-refractivity contribution >= 4 is 23.4 Å². The van der Waals surface area contributed by atoms with Crippen LogP contribution < -0.4 is 15.4 Å². The molecular formula is C21H25ClFN3O4. The lowest BCUT2D eigenvalue weighted by Gasteiger charge is -2.13. The first kappa shape index (κ1) is 23.6. The number of carbonyl (C=O) groups excluding carboxylic acids is 2. The predicted molar refractivity (Wildman–Crippen MR) is 111 cm³/mol. The molecule has 2 rings (SSSR count). The number of aromatic nitrogens is 1. The van der Waals surface area contributed by atoms with E-state index >= 15 is 0 Å². The van der Waals surface area contributed by atoms with E-state index in [2.05, 4.69) is 15.6 Å². The van der Waals surface area contributed by atoms with Crippen molar-refractivity contribution in [3.05, 3.63) is 58.1 Å². The molecule has 0 fully saturated rings. The Morgan fingerprint density at radius 2 is 2.00 bits per heavy atom. The maximum atomic E-state index is 13.3. The quantitative estimate of drug-likeness (QED) is 0.530. The summed E-state index contributed by atoms with van der Waals surface area (Å²) >= 11 is 5.58. The lowest BCUT2D eigenvalue weighted by Crippen LogP contribution is -2.33. The van der Waals surface area contributed by atoms with E-state index in [4.69, 9.17) is 16.3 Å². The molecule has 30 heavy (non-hydrogen) atoms. The number of halogens is 2. The van der Waals surface area contributed by atoms with Gasteiger partial charge in [0.2, 0.25) is 5.91 Å². The lowest BCUT2D eigenvalue weighted by molar-refractivity contribution is -0.123. The molecule has 2 amide bonds. The van der Waals surface area contributed by atoms with E-state index in [0.717, 1.165) is 22.9 Å². The Morgan fingerprint density at radius 3 is 2.70 bits per heavy atom. The Hall–Kier alpha value is -2.71. The Labute approximate surface area is 179 Å². The zero-order valence-corrected chi connectivity index (χ0v) is 17.6. The standard InChI is InChI=1S/C21H25ClFN3O4/c1-13-7-14(2)25-10-15(13)11-26-20(28)8-16(27)5-6-24-21(29)12-30-17-3-4-18(22)19(23)9-17/h3-4,7,9-10,16,27H,5-6,8,11-12H2,1-2H3,(H,24,29)(H,26,28). The largest absolute Gasteiger partial charge is 0.484 e. The molecule has 0 radical (unpaired) electrons. The van der Waals surface area contributed by atoms with Gasteiger partial charge in [0.15, 0.2) is 6.61 Å². The van der Waals surface area contributed by atoms with Crippen LogP contribution in [0.5, 0.6) is 5.75 Å². The first-order valence-corrected chi connectivity index (χ1v) is 9.84. The summed E-state index contributed by atoms with van der Waals surface area (Å²) in [5.74, 6) is -1.17. The van der Waals surface area contributed by atoms with Gasteiger partial charge < -0.3 is 20.5 Å². The summed E-state index contributed by atoms with van der Waals surface area (Å²) in [5, 5.41) is 15.3. The average molecular weight is 438 g/mol. The summed E-state index contributed by atoms with van der Waals surface area (Å²) in [6.45, 7) is 4.05. The van der Waals surface area contributed by atoms with Crippen LogP contribution in [0.25, 0.3) is 0 Å². The third-order valence-corrected chi connectivity index (χ3v) is 4.62. The molecule has 0 aliphatic carbocycles. The van der Waals surface area contributed by atoms with Crippen LogP contribution in [0, 0.1) is 19.7 Å². The number of aliphatic hydroxyl groups is 1. The summed E-state index contributed by atoms with van der Waals surface area (Å²) in [5.41, 5.74) is 2.86. The molecule has 2 aromatic rings. The third-order valence-electron chi connectivity index (χ3n) is 4.31. The van der Waals surface area contributed by atoms with E-state index in [1.807, 2.05) is 19.9 Å². The van der Waals surface area contributed by atoms with Crippen molar-refractivity contribution in [1.29, 1.82) is 0 Å². The van der Waals surface area contributed by atoms with Gasteiger partial charge in [-0.15, -0.1) is 0 Å². The van der Waals surface area contributed by atoms with E-state index in [-0.39, 0.29) is 42.7 Å². The van der Waals surface area contributed by atoms with Crippen LogP contribution >= 0.6 is 11.6 Å². The van der Waals surface area contributed by atoms with Crippen LogP contribution in [0.3, 0.4) is 0 Å². The van der Waals surface area contributed by atoms with Crippen molar-refractivity contribution < 1.29 is 23.8 Å². The smallest absolute Gasteiger partial charge is 0.257 e. The van der Waals surface area contributed by atoms with Crippen LogP contribution in [-0.4, -0.2) is 41.2 Å². The van der Waals surface area contributed by atoms with Gasteiger partial charge in [-0.1, -0.05) is 11.6 Å². The second-order valence-corrected chi connectivity index (χ2v) is 7.30. The zero-order valence-electron chi connectivity index (χ0n) is 16.9. The number of aryl methyl sites for hydroxylation is 2. The summed E-state index contributed by atoms with van der Waals surface area (Å²) in [6.07, 6.45) is 0.959. The van der Waals surface area contributed by atoms with Gasteiger partial charge in [0.25, 0.3) is 5.91 Å². The highest BCUT2D eigenvalue weighted by molar-refractivity contribution is 6.30. The molecule has 0 saturated carbocycles. The maximum Gasteiger partial charge on any atom is 0.257 e. The first-order chi connectivity index (χ1) is 14.2. The highest BCUT2D eigenvalue weighted by atomic mass is 35.5. The van der Waals surface area contributed by atoms with Crippen LogP contribution in [0.1, 0.15) is 29.7 Å². The molecule has 1 unspecified atom stereocenters. The van der Waals surface area contributed by atoms with Gasteiger partial charge in [-0.2, -0.15) is 0 Å². The SMILES string of the molecule is Cc1cc(C)c(CNC(=O)CC(O)CCNC(=O)COc2ccc(Cl)c(F)c2)cn1. The third kappa shape index (κ3) is 7.96. The van der Waals surface area contributed by atoms with Gasteiger partial charge in [-0.3, -0.25) is 14.6 Å². The maximum absolute atomic E-state index is 13.3. The fourth-order valence-electron chi connectivity index (χ4n) is 2.64. The zero-order chi connectivity index (χ0) is 22.1. The van der Waals surface area contributed by atoms with E-state index in [0.29, 0.717) is 6.54 Å². The first-order valence-electron chi connectivity index (χ1n) is 9.46. The number of hydrogen-bond donors (Lipinski definition) is 3. The molecule has 1 atom stereocenters. The number of nitrogens with one attached hydrogen (secondary N) is 2. The van der Waals surface area contributed by atoms with Crippen molar-refractivity contribution in [3.63, 3.8) is 0 Å². The number of amides is 2. The van der Waals surface area contributed by atoms with Gasteiger partial charge in [0, 0.05) is 31.0 Å². The Morgan fingerprint density at radius 1 is 1.23 bits per heavy atom. The molecule has 7 nitrogen and oxygen atoms in total. The molecule has 0 aliphatic heterocycles. The molecule has 3 N–H and O–H groups in total. The van der Waals surface area contributed by atoms with E-state index < -0.39 is 17.8 Å². The molecule has 1 aromatic heterocycles. The van der Waals surface area contributed by atoms with Crippen molar-refractivity contribution in [3.8, 4) is 5.75 Å². The van der Waals surface area contributed by atoms with E-state index in [1.54, 1.807) is 6.20 Å². The van der Waals surface area contributed by atoms with Crippen molar-refractivity contribution in [2.75, 3.05) is 13.2 Å². The van der Waals surface area contributed by atoms with Gasteiger partial charge in [-0.25, -0.2) is 4.39 Å². The highest BCUT2D eigenvalue weighted by Gasteiger charge is 2.12. The normalized spacial score (nSPS) is 11.6. The minimum Gasteiger partial charge on any atom is -0.484 e. The second-order valence-electron chi connectivity index (χ2n) is 6.89.